The van der Waals surface area contributed by atoms with Gasteiger partial charge >= 0.3 is 0 Å². The Kier molecular flexibility index (Phi) is 4.71. The van der Waals surface area contributed by atoms with Crippen molar-refractivity contribution in [2.24, 2.45) is 11.8 Å². The summed E-state index contributed by atoms with van der Waals surface area (Å²) >= 11 is 1.85. The van der Waals surface area contributed by atoms with Crippen LogP contribution in [0.3, 0.4) is 0 Å². The average Bonchev–Trinajstić information content (AvgIpc) is 3.07. The Bertz CT molecular complexity index is 970. The highest BCUT2D eigenvalue weighted by Crippen LogP contribution is 2.40. The van der Waals surface area contributed by atoms with Gasteiger partial charge in [0.25, 0.3) is 0 Å². The summed E-state index contributed by atoms with van der Waals surface area (Å²) in [7, 11) is 0. The molecular formula is C23H28N4S. The van der Waals surface area contributed by atoms with Gasteiger partial charge in [-0.15, -0.1) is 11.3 Å². The Balaban J connectivity index is 1.40. The maximum atomic E-state index is 4.60. The largest absolute Gasteiger partial charge is 0.372 e. The lowest BCUT2D eigenvalue weighted by atomic mass is 9.89. The van der Waals surface area contributed by atoms with Crippen LogP contribution in [0.1, 0.15) is 43.6 Å². The van der Waals surface area contributed by atoms with Crippen LogP contribution in [-0.4, -0.2) is 23.1 Å². The number of aromatic nitrogens is 2. The Hall–Kier alpha value is -2.14. The normalized spacial score (nSPS) is 20.4. The Morgan fingerprint density at radius 3 is 2.57 bits per heavy atom. The van der Waals surface area contributed by atoms with Gasteiger partial charge in [0.2, 0.25) is 0 Å². The molecule has 1 aliphatic heterocycles. The van der Waals surface area contributed by atoms with Crippen molar-refractivity contribution in [2.75, 3.05) is 23.3 Å². The number of fused-ring (bicyclic) bond motifs is 3. The number of anilines is 3. The van der Waals surface area contributed by atoms with E-state index in [0.29, 0.717) is 0 Å². The van der Waals surface area contributed by atoms with E-state index in [-0.39, 0.29) is 0 Å². The molecule has 1 fully saturated rings. The lowest BCUT2D eigenvalue weighted by molar-refractivity contribution is 0.438. The third-order valence-corrected chi connectivity index (χ3v) is 7.53. The number of nitrogens with zero attached hydrogens (tertiary/aromatic N) is 3. The third-order valence-electron chi connectivity index (χ3n) is 6.37. The Labute approximate surface area is 171 Å². The van der Waals surface area contributed by atoms with Crippen molar-refractivity contribution in [1.82, 2.24) is 9.97 Å². The lowest BCUT2D eigenvalue weighted by Crippen LogP contribution is -2.32. The first-order chi connectivity index (χ1) is 13.7. The summed E-state index contributed by atoms with van der Waals surface area (Å²) in [5, 5.41) is 4.81. The Morgan fingerprint density at radius 2 is 1.79 bits per heavy atom. The standard InChI is InChI=1S/C23H28N4S/c1-15-9-11-27(12-10-15)18-6-4-17(5-7-18)26-22-21-19-8-3-16(2)13-20(19)28-23(21)25-14-24-22/h4-7,14-16H,3,8-13H2,1-2H3,(H,24,25,26)/t16-/m0/s1. The first-order valence-corrected chi connectivity index (χ1v) is 11.4. The lowest BCUT2D eigenvalue weighted by Gasteiger charge is -2.32. The average molecular weight is 393 g/mol. The zero-order chi connectivity index (χ0) is 19.1. The minimum absolute atomic E-state index is 0.773. The monoisotopic (exact) mass is 392 g/mol. The highest BCUT2D eigenvalue weighted by atomic mass is 32.1. The maximum Gasteiger partial charge on any atom is 0.142 e. The van der Waals surface area contributed by atoms with E-state index in [0.717, 1.165) is 34.6 Å². The van der Waals surface area contributed by atoms with Crippen molar-refractivity contribution >= 4 is 38.7 Å². The van der Waals surface area contributed by atoms with E-state index in [4.69, 9.17) is 0 Å². The van der Waals surface area contributed by atoms with Crippen molar-refractivity contribution in [2.45, 2.75) is 46.0 Å². The second kappa shape index (κ2) is 7.36. The molecule has 1 aliphatic carbocycles. The minimum Gasteiger partial charge on any atom is -0.372 e. The molecule has 0 radical (unpaired) electrons. The molecular weight excluding hydrogens is 364 g/mol. The van der Waals surface area contributed by atoms with Crippen LogP contribution in [0.5, 0.6) is 0 Å². The van der Waals surface area contributed by atoms with Crippen LogP contribution in [-0.2, 0) is 12.8 Å². The molecule has 2 aromatic heterocycles. The van der Waals surface area contributed by atoms with Crippen molar-refractivity contribution in [3.8, 4) is 0 Å². The van der Waals surface area contributed by atoms with Crippen LogP contribution in [0.15, 0.2) is 30.6 Å². The number of aryl methyl sites for hydroxylation is 1. The molecule has 1 atom stereocenters. The van der Waals surface area contributed by atoms with Gasteiger partial charge in [0.15, 0.2) is 0 Å². The second-order valence-corrected chi connectivity index (χ2v) is 9.68. The smallest absolute Gasteiger partial charge is 0.142 e. The summed E-state index contributed by atoms with van der Waals surface area (Å²) in [5.74, 6) is 2.59. The summed E-state index contributed by atoms with van der Waals surface area (Å²) in [4.78, 5) is 14.3. The van der Waals surface area contributed by atoms with Gasteiger partial charge in [0, 0.05) is 29.3 Å². The number of piperidine rings is 1. The molecule has 4 nitrogen and oxygen atoms in total. The number of benzene rings is 1. The number of hydrogen-bond donors (Lipinski definition) is 1. The molecule has 1 N–H and O–H groups in total. The van der Waals surface area contributed by atoms with Crippen LogP contribution in [0, 0.1) is 11.8 Å². The molecule has 5 heteroatoms. The SMILES string of the molecule is CC1CCN(c2ccc(Nc3ncnc4sc5c(c34)CC[C@H](C)C5)cc2)CC1. The summed E-state index contributed by atoms with van der Waals surface area (Å²) in [6.07, 6.45) is 7.86. The van der Waals surface area contributed by atoms with E-state index in [1.54, 1.807) is 6.33 Å². The molecule has 5 rings (SSSR count). The summed E-state index contributed by atoms with van der Waals surface area (Å²) in [6.45, 7) is 7.04. The predicted octanol–water partition coefficient (Wildman–Crippen LogP) is 5.80. The summed E-state index contributed by atoms with van der Waals surface area (Å²) < 4.78 is 0. The van der Waals surface area contributed by atoms with Gasteiger partial charge in [-0.25, -0.2) is 9.97 Å². The molecule has 28 heavy (non-hydrogen) atoms. The first-order valence-electron chi connectivity index (χ1n) is 10.5. The third kappa shape index (κ3) is 3.37. The van der Waals surface area contributed by atoms with E-state index in [2.05, 4.69) is 58.3 Å². The molecule has 0 saturated carbocycles. The van der Waals surface area contributed by atoms with Crippen LogP contribution in [0.25, 0.3) is 10.2 Å². The van der Waals surface area contributed by atoms with E-state index in [1.807, 2.05) is 11.3 Å². The first kappa shape index (κ1) is 17.9. The van der Waals surface area contributed by atoms with Crippen molar-refractivity contribution < 1.29 is 0 Å². The Morgan fingerprint density at radius 1 is 1.00 bits per heavy atom. The van der Waals surface area contributed by atoms with Crippen molar-refractivity contribution in [3.63, 3.8) is 0 Å². The summed E-state index contributed by atoms with van der Waals surface area (Å²) in [5.41, 5.74) is 3.89. The number of nitrogens with one attached hydrogen (secondary N) is 1. The van der Waals surface area contributed by atoms with Gasteiger partial charge in [-0.2, -0.15) is 0 Å². The predicted molar refractivity (Wildman–Crippen MR) is 119 cm³/mol. The van der Waals surface area contributed by atoms with Gasteiger partial charge in [-0.05, 0) is 73.8 Å². The number of thiophene rings is 1. The summed E-state index contributed by atoms with van der Waals surface area (Å²) in [6, 6.07) is 8.84. The highest BCUT2D eigenvalue weighted by Gasteiger charge is 2.23. The molecule has 2 aliphatic rings. The van der Waals surface area contributed by atoms with Gasteiger partial charge in [-0.1, -0.05) is 13.8 Å². The molecule has 3 heterocycles. The topological polar surface area (TPSA) is 41.0 Å². The van der Waals surface area contributed by atoms with Crippen molar-refractivity contribution in [1.29, 1.82) is 0 Å². The second-order valence-electron chi connectivity index (χ2n) is 8.60. The highest BCUT2D eigenvalue weighted by molar-refractivity contribution is 7.19. The maximum absolute atomic E-state index is 4.60. The molecule has 0 amide bonds. The van der Waals surface area contributed by atoms with E-state index in [9.17, 15) is 0 Å². The van der Waals surface area contributed by atoms with Gasteiger partial charge in [0.1, 0.15) is 17.0 Å². The van der Waals surface area contributed by atoms with Crippen LogP contribution in [0.4, 0.5) is 17.2 Å². The van der Waals surface area contributed by atoms with Crippen LogP contribution >= 0.6 is 11.3 Å². The minimum atomic E-state index is 0.773. The number of hydrogen-bond acceptors (Lipinski definition) is 5. The fraction of sp³-hybridized carbons (Fsp3) is 0.478. The van der Waals surface area contributed by atoms with Gasteiger partial charge in [0.05, 0.1) is 5.39 Å². The van der Waals surface area contributed by atoms with Gasteiger partial charge in [-0.3, -0.25) is 0 Å². The van der Waals surface area contributed by atoms with Gasteiger partial charge < -0.3 is 10.2 Å². The molecule has 1 saturated heterocycles. The molecule has 146 valence electrons. The van der Waals surface area contributed by atoms with Crippen LogP contribution in [0.2, 0.25) is 0 Å². The molecule has 0 spiro atoms. The fourth-order valence-electron chi connectivity index (χ4n) is 4.53. The quantitative estimate of drug-likeness (QED) is 0.612. The van der Waals surface area contributed by atoms with E-state index < -0.39 is 0 Å². The van der Waals surface area contributed by atoms with Crippen LogP contribution < -0.4 is 10.2 Å². The molecule has 0 unspecified atom stereocenters. The van der Waals surface area contributed by atoms with E-state index >= 15 is 0 Å². The molecule has 1 aromatic carbocycles. The molecule has 0 bridgehead atoms. The number of rotatable bonds is 3. The molecule has 3 aromatic rings. The zero-order valence-electron chi connectivity index (χ0n) is 16.7. The zero-order valence-corrected chi connectivity index (χ0v) is 17.6. The van der Waals surface area contributed by atoms with Crippen molar-refractivity contribution in [3.05, 3.63) is 41.0 Å². The fourth-order valence-corrected chi connectivity index (χ4v) is 5.88. The van der Waals surface area contributed by atoms with E-state index in [1.165, 1.54) is 60.3 Å².